The lowest BCUT2D eigenvalue weighted by atomic mass is 9.87. The van der Waals surface area contributed by atoms with Gasteiger partial charge in [-0.1, -0.05) is 37.5 Å². The van der Waals surface area contributed by atoms with Crippen LogP contribution >= 0.6 is 0 Å². The minimum Gasteiger partial charge on any atom is -0.388 e. The molecule has 0 bridgehead atoms. The van der Waals surface area contributed by atoms with Gasteiger partial charge in [-0.25, -0.2) is 4.39 Å². The van der Waals surface area contributed by atoms with Crippen molar-refractivity contribution in [3.63, 3.8) is 0 Å². The fourth-order valence-corrected chi connectivity index (χ4v) is 2.76. The van der Waals surface area contributed by atoms with Crippen molar-refractivity contribution in [3.8, 4) is 0 Å². The standard InChI is InChI=1S/C14H19FO/c1-9-6-7-13(15)12(8-9)14(16)11-5-3-4-10(11)2/h6-8,10-11,14,16H,3-5H2,1-2H3. The summed E-state index contributed by atoms with van der Waals surface area (Å²) in [6, 6.07) is 4.96. The van der Waals surface area contributed by atoms with Gasteiger partial charge in [-0.05, 0) is 31.2 Å². The molecule has 0 aliphatic heterocycles. The number of aliphatic hydroxyl groups is 1. The monoisotopic (exact) mass is 222 g/mol. The molecule has 1 nitrogen and oxygen atoms in total. The van der Waals surface area contributed by atoms with Gasteiger partial charge in [-0.3, -0.25) is 0 Å². The number of rotatable bonds is 2. The molecule has 1 aliphatic rings. The second kappa shape index (κ2) is 4.54. The summed E-state index contributed by atoms with van der Waals surface area (Å²) in [7, 11) is 0. The summed E-state index contributed by atoms with van der Waals surface area (Å²) >= 11 is 0. The van der Waals surface area contributed by atoms with Crippen LogP contribution in [0.25, 0.3) is 0 Å². The minimum atomic E-state index is -0.641. The van der Waals surface area contributed by atoms with Crippen LogP contribution in [0.4, 0.5) is 4.39 Å². The maximum absolute atomic E-state index is 13.6. The van der Waals surface area contributed by atoms with E-state index >= 15 is 0 Å². The Morgan fingerprint density at radius 2 is 2.12 bits per heavy atom. The van der Waals surface area contributed by atoms with E-state index in [0.29, 0.717) is 11.5 Å². The Morgan fingerprint density at radius 3 is 2.75 bits per heavy atom. The van der Waals surface area contributed by atoms with E-state index in [9.17, 15) is 9.50 Å². The number of hydrogen-bond acceptors (Lipinski definition) is 1. The molecule has 0 amide bonds. The summed E-state index contributed by atoms with van der Waals surface area (Å²) in [6.45, 7) is 4.07. The fourth-order valence-electron chi connectivity index (χ4n) is 2.76. The Hall–Kier alpha value is -0.890. The van der Waals surface area contributed by atoms with Gasteiger partial charge in [-0.2, -0.15) is 0 Å². The molecular weight excluding hydrogens is 203 g/mol. The van der Waals surface area contributed by atoms with E-state index in [-0.39, 0.29) is 11.7 Å². The number of aliphatic hydroxyl groups excluding tert-OH is 1. The summed E-state index contributed by atoms with van der Waals surface area (Å²) in [4.78, 5) is 0. The molecule has 16 heavy (non-hydrogen) atoms. The van der Waals surface area contributed by atoms with Gasteiger partial charge in [0.25, 0.3) is 0 Å². The highest BCUT2D eigenvalue weighted by atomic mass is 19.1. The van der Waals surface area contributed by atoms with Crippen LogP contribution in [0.2, 0.25) is 0 Å². The van der Waals surface area contributed by atoms with Crippen molar-refractivity contribution in [1.29, 1.82) is 0 Å². The van der Waals surface area contributed by atoms with E-state index in [4.69, 9.17) is 0 Å². The van der Waals surface area contributed by atoms with Gasteiger partial charge in [0.2, 0.25) is 0 Å². The van der Waals surface area contributed by atoms with Crippen molar-refractivity contribution in [2.75, 3.05) is 0 Å². The molecule has 3 atom stereocenters. The predicted molar refractivity (Wildman–Crippen MR) is 62.6 cm³/mol. The molecular formula is C14H19FO. The molecule has 0 saturated heterocycles. The minimum absolute atomic E-state index is 0.219. The SMILES string of the molecule is Cc1ccc(F)c(C(O)C2CCCC2C)c1. The Morgan fingerprint density at radius 1 is 1.38 bits per heavy atom. The van der Waals surface area contributed by atoms with E-state index in [0.717, 1.165) is 24.8 Å². The largest absolute Gasteiger partial charge is 0.388 e. The summed E-state index contributed by atoms with van der Waals surface area (Å²) in [6.07, 6.45) is 2.67. The molecule has 0 heterocycles. The Bertz CT molecular complexity index is 375. The van der Waals surface area contributed by atoms with Crippen LogP contribution in [0, 0.1) is 24.6 Å². The van der Waals surface area contributed by atoms with Crippen molar-refractivity contribution < 1.29 is 9.50 Å². The first-order chi connectivity index (χ1) is 7.59. The predicted octanol–water partition coefficient (Wildman–Crippen LogP) is 3.60. The molecule has 88 valence electrons. The highest BCUT2D eigenvalue weighted by molar-refractivity contribution is 5.26. The highest BCUT2D eigenvalue weighted by Crippen LogP contribution is 2.40. The van der Waals surface area contributed by atoms with Crippen LogP contribution < -0.4 is 0 Å². The van der Waals surface area contributed by atoms with Crippen LogP contribution in [0.1, 0.15) is 43.4 Å². The van der Waals surface area contributed by atoms with E-state index in [1.54, 1.807) is 12.1 Å². The number of aryl methyl sites for hydroxylation is 1. The molecule has 1 aromatic rings. The van der Waals surface area contributed by atoms with Crippen LogP contribution in [-0.2, 0) is 0 Å². The van der Waals surface area contributed by atoms with Gasteiger partial charge in [0.15, 0.2) is 0 Å². The molecule has 0 spiro atoms. The summed E-state index contributed by atoms with van der Waals surface area (Å²) in [5.41, 5.74) is 1.47. The molecule has 1 N–H and O–H groups in total. The van der Waals surface area contributed by atoms with Gasteiger partial charge >= 0.3 is 0 Å². The zero-order valence-corrected chi connectivity index (χ0v) is 9.91. The quantitative estimate of drug-likeness (QED) is 0.810. The first-order valence-corrected chi connectivity index (χ1v) is 6.03. The lowest BCUT2D eigenvalue weighted by Gasteiger charge is -2.23. The topological polar surface area (TPSA) is 20.2 Å². The number of benzene rings is 1. The smallest absolute Gasteiger partial charge is 0.129 e. The zero-order valence-electron chi connectivity index (χ0n) is 9.91. The highest BCUT2D eigenvalue weighted by Gasteiger charge is 2.31. The molecule has 1 aromatic carbocycles. The number of hydrogen-bond donors (Lipinski definition) is 1. The molecule has 0 aromatic heterocycles. The van der Waals surface area contributed by atoms with E-state index in [1.165, 1.54) is 6.07 Å². The molecule has 1 aliphatic carbocycles. The van der Waals surface area contributed by atoms with E-state index in [2.05, 4.69) is 6.92 Å². The van der Waals surface area contributed by atoms with Crippen LogP contribution in [-0.4, -0.2) is 5.11 Å². The Balaban J connectivity index is 2.25. The second-order valence-electron chi connectivity index (χ2n) is 5.04. The lowest BCUT2D eigenvalue weighted by Crippen LogP contribution is -2.16. The molecule has 2 rings (SSSR count). The third kappa shape index (κ3) is 2.12. The van der Waals surface area contributed by atoms with Crippen molar-refractivity contribution in [2.24, 2.45) is 11.8 Å². The second-order valence-corrected chi connectivity index (χ2v) is 5.04. The maximum atomic E-state index is 13.6. The van der Waals surface area contributed by atoms with E-state index in [1.807, 2.05) is 6.92 Å². The van der Waals surface area contributed by atoms with Crippen molar-refractivity contribution in [2.45, 2.75) is 39.2 Å². The van der Waals surface area contributed by atoms with Crippen LogP contribution in [0.5, 0.6) is 0 Å². The van der Waals surface area contributed by atoms with Gasteiger partial charge < -0.3 is 5.11 Å². The first kappa shape index (κ1) is 11.6. The molecule has 1 fully saturated rings. The van der Waals surface area contributed by atoms with Crippen molar-refractivity contribution in [1.82, 2.24) is 0 Å². The van der Waals surface area contributed by atoms with Gasteiger partial charge in [-0.15, -0.1) is 0 Å². The van der Waals surface area contributed by atoms with Crippen LogP contribution in [0.15, 0.2) is 18.2 Å². The first-order valence-electron chi connectivity index (χ1n) is 6.03. The summed E-state index contributed by atoms with van der Waals surface area (Å²) < 4.78 is 13.6. The third-order valence-electron chi connectivity index (χ3n) is 3.80. The van der Waals surface area contributed by atoms with Gasteiger partial charge in [0.05, 0.1) is 6.10 Å². The fraction of sp³-hybridized carbons (Fsp3) is 0.571. The maximum Gasteiger partial charge on any atom is 0.129 e. The van der Waals surface area contributed by atoms with E-state index < -0.39 is 6.10 Å². The average Bonchev–Trinajstić information content (AvgIpc) is 2.67. The summed E-state index contributed by atoms with van der Waals surface area (Å²) in [5.74, 6) is 0.434. The molecule has 0 radical (unpaired) electrons. The average molecular weight is 222 g/mol. The number of halogens is 1. The van der Waals surface area contributed by atoms with Crippen LogP contribution in [0.3, 0.4) is 0 Å². The Kier molecular flexibility index (Phi) is 3.29. The molecule has 3 unspecified atom stereocenters. The van der Waals surface area contributed by atoms with Crippen molar-refractivity contribution in [3.05, 3.63) is 35.1 Å². The Labute approximate surface area is 96.3 Å². The van der Waals surface area contributed by atoms with Crippen molar-refractivity contribution >= 4 is 0 Å². The molecule has 2 heteroatoms. The summed E-state index contributed by atoms with van der Waals surface area (Å²) in [5, 5.41) is 10.3. The normalized spacial score (nSPS) is 27.0. The molecule has 1 saturated carbocycles. The zero-order chi connectivity index (χ0) is 11.7. The van der Waals surface area contributed by atoms with Gasteiger partial charge in [0.1, 0.15) is 5.82 Å². The lowest BCUT2D eigenvalue weighted by molar-refractivity contribution is 0.0866. The van der Waals surface area contributed by atoms with Gasteiger partial charge in [0, 0.05) is 5.56 Å². The third-order valence-corrected chi connectivity index (χ3v) is 3.80.